The summed E-state index contributed by atoms with van der Waals surface area (Å²) >= 11 is 0. The van der Waals surface area contributed by atoms with E-state index in [0.717, 1.165) is 29.1 Å². The van der Waals surface area contributed by atoms with Gasteiger partial charge in [0.15, 0.2) is 0 Å². The molecular weight excluding hydrogens is 239 g/mol. The van der Waals surface area contributed by atoms with Crippen LogP contribution in [0, 0.1) is 5.82 Å². The smallest absolute Gasteiger partial charge is 0.123 e. The van der Waals surface area contributed by atoms with Gasteiger partial charge in [-0.2, -0.15) is 0 Å². The molecule has 96 valence electrons. The van der Waals surface area contributed by atoms with E-state index in [1.807, 2.05) is 24.3 Å². The first-order chi connectivity index (χ1) is 9.22. The zero-order valence-corrected chi connectivity index (χ0v) is 10.7. The van der Waals surface area contributed by atoms with Gasteiger partial charge >= 0.3 is 0 Å². The maximum absolute atomic E-state index is 13.0. The number of aliphatic imine (C=N–C) groups is 1. The van der Waals surface area contributed by atoms with Gasteiger partial charge in [-0.05, 0) is 36.8 Å². The Morgan fingerprint density at radius 1 is 1.11 bits per heavy atom. The molecule has 1 aliphatic rings. The van der Waals surface area contributed by atoms with Crippen molar-refractivity contribution in [3.8, 4) is 0 Å². The number of nitrogens with zero attached hydrogens (tertiary/aromatic N) is 1. The van der Waals surface area contributed by atoms with E-state index in [-0.39, 0.29) is 5.82 Å². The van der Waals surface area contributed by atoms with E-state index < -0.39 is 0 Å². The van der Waals surface area contributed by atoms with Crippen LogP contribution < -0.4 is 5.32 Å². The number of hydrogen-bond donors (Lipinski definition) is 1. The monoisotopic (exact) mass is 254 g/mol. The Balaban J connectivity index is 2.06. The van der Waals surface area contributed by atoms with Gasteiger partial charge in [-0.15, -0.1) is 0 Å². The summed E-state index contributed by atoms with van der Waals surface area (Å²) in [6, 6.07) is 14.8. The predicted molar refractivity (Wildman–Crippen MR) is 76.7 cm³/mol. The number of hydrogen-bond acceptors (Lipinski definition) is 2. The molecule has 0 aliphatic carbocycles. The third kappa shape index (κ3) is 2.50. The molecule has 0 bridgehead atoms. The lowest BCUT2D eigenvalue weighted by atomic mass is 10.0. The third-order valence-electron chi connectivity index (χ3n) is 3.24. The van der Waals surface area contributed by atoms with Gasteiger partial charge < -0.3 is 5.32 Å². The van der Waals surface area contributed by atoms with E-state index >= 15 is 0 Å². The molecule has 2 aromatic rings. The molecule has 3 rings (SSSR count). The Morgan fingerprint density at radius 3 is 2.63 bits per heavy atom. The number of anilines is 1. The lowest BCUT2D eigenvalue weighted by Gasteiger charge is -2.13. The fourth-order valence-electron chi connectivity index (χ4n) is 2.32. The highest BCUT2D eigenvalue weighted by Gasteiger charge is 2.15. The maximum Gasteiger partial charge on any atom is 0.123 e. The molecule has 0 saturated heterocycles. The quantitative estimate of drug-likeness (QED) is 0.812. The molecule has 0 amide bonds. The van der Waals surface area contributed by atoms with Crippen molar-refractivity contribution in [3.05, 3.63) is 59.9 Å². The molecule has 3 heteroatoms. The molecule has 0 spiro atoms. The standard InChI is InChI=1S/C16H15FN2/c1-11-10-16(12-6-8-13(17)9-7-12)19-15-5-3-2-4-14(15)18-11/h2-9,11,18H,10H2,1H3/t11-/m0/s1. The van der Waals surface area contributed by atoms with E-state index in [1.54, 1.807) is 12.1 Å². The predicted octanol–water partition coefficient (Wildman–Crippen LogP) is 4.15. The fourth-order valence-corrected chi connectivity index (χ4v) is 2.32. The molecule has 2 aromatic carbocycles. The number of fused-ring (bicyclic) bond motifs is 1. The highest BCUT2D eigenvalue weighted by molar-refractivity contribution is 6.03. The average molecular weight is 254 g/mol. The first kappa shape index (κ1) is 11.9. The van der Waals surface area contributed by atoms with Crippen molar-refractivity contribution < 1.29 is 4.39 Å². The van der Waals surface area contributed by atoms with Crippen LogP contribution in [0.4, 0.5) is 15.8 Å². The topological polar surface area (TPSA) is 24.4 Å². The van der Waals surface area contributed by atoms with Crippen LogP contribution in [0.5, 0.6) is 0 Å². The molecule has 0 radical (unpaired) electrons. The Labute approximate surface area is 112 Å². The number of rotatable bonds is 1. The van der Waals surface area contributed by atoms with Crippen molar-refractivity contribution in [1.29, 1.82) is 0 Å². The van der Waals surface area contributed by atoms with E-state index in [4.69, 9.17) is 4.99 Å². The van der Waals surface area contributed by atoms with Crippen LogP contribution in [0.15, 0.2) is 53.5 Å². The van der Waals surface area contributed by atoms with Crippen LogP contribution in [-0.4, -0.2) is 11.8 Å². The number of benzene rings is 2. The van der Waals surface area contributed by atoms with Gasteiger partial charge in [-0.3, -0.25) is 4.99 Å². The summed E-state index contributed by atoms with van der Waals surface area (Å²) in [7, 11) is 0. The van der Waals surface area contributed by atoms with E-state index in [1.165, 1.54) is 12.1 Å². The van der Waals surface area contributed by atoms with Gasteiger partial charge in [0.2, 0.25) is 0 Å². The van der Waals surface area contributed by atoms with Crippen LogP contribution >= 0.6 is 0 Å². The summed E-state index contributed by atoms with van der Waals surface area (Å²) in [6.45, 7) is 2.13. The summed E-state index contributed by atoms with van der Waals surface area (Å²) in [5.74, 6) is -0.218. The summed E-state index contributed by atoms with van der Waals surface area (Å²) < 4.78 is 13.0. The maximum atomic E-state index is 13.0. The third-order valence-corrected chi connectivity index (χ3v) is 3.24. The van der Waals surface area contributed by atoms with Crippen LogP contribution in [-0.2, 0) is 0 Å². The van der Waals surface area contributed by atoms with Crippen LogP contribution in [0.2, 0.25) is 0 Å². The van der Waals surface area contributed by atoms with Gasteiger partial charge in [0.1, 0.15) is 5.82 Å². The molecular formula is C16H15FN2. The first-order valence-corrected chi connectivity index (χ1v) is 6.41. The molecule has 0 fully saturated rings. The van der Waals surface area contributed by atoms with Crippen LogP contribution in [0.25, 0.3) is 0 Å². The molecule has 1 heterocycles. The molecule has 1 atom stereocenters. The van der Waals surface area contributed by atoms with E-state index in [0.29, 0.717) is 6.04 Å². The minimum Gasteiger partial charge on any atom is -0.380 e. The van der Waals surface area contributed by atoms with Gasteiger partial charge in [-0.25, -0.2) is 4.39 Å². The fraction of sp³-hybridized carbons (Fsp3) is 0.188. The second kappa shape index (κ2) is 4.84. The van der Waals surface area contributed by atoms with Crippen molar-refractivity contribution in [2.75, 3.05) is 5.32 Å². The zero-order valence-electron chi connectivity index (χ0n) is 10.7. The molecule has 0 unspecified atom stereocenters. The van der Waals surface area contributed by atoms with Crippen molar-refractivity contribution in [3.63, 3.8) is 0 Å². The van der Waals surface area contributed by atoms with Crippen LogP contribution in [0.3, 0.4) is 0 Å². The highest BCUT2D eigenvalue weighted by atomic mass is 19.1. The van der Waals surface area contributed by atoms with Gasteiger partial charge in [0.25, 0.3) is 0 Å². The first-order valence-electron chi connectivity index (χ1n) is 6.41. The van der Waals surface area contributed by atoms with Gasteiger partial charge in [0, 0.05) is 12.5 Å². The molecule has 0 aromatic heterocycles. The number of nitrogens with one attached hydrogen (secondary N) is 1. The average Bonchev–Trinajstić information content (AvgIpc) is 2.57. The van der Waals surface area contributed by atoms with Crippen molar-refractivity contribution in [2.24, 2.45) is 4.99 Å². The zero-order chi connectivity index (χ0) is 13.2. The minimum absolute atomic E-state index is 0.218. The van der Waals surface area contributed by atoms with Crippen LogP contribution in [0.1, 0.15) is 18.9 Å². The van der Waals surface area contributed by atoms with Crippen molar-refractivity contribution in [1.82, 2.24) is 0 Å². The summed E-state index contributed by atoms with van der Waals surface area (Å²) in [5, 5.41) is 3.44. The Bertz CT molecular complexity index is 617. The highest BCUT2D eigenvalue weighted by Crippen LogP contribution is 2.29. The SMILES string of the molecule is C[C@H]1CC(c2ccc(F)cc2)=Nc2ccccc2N1. The molecule has 2 nitrogen and oxygen atoms in total. The number of halogens is 1. The van der Waals surface area contributed by atoms with Crippen molar-refractivity contribution in [2.45, 2.75) is 19.4 Å². The largest absolute Gasteiger partial charge is 0.380 e. The minimum atomic E-state index is -0.218. The van der Waals surface area contributed by atoms with E-state index in [2.05, 4.69) is 12.2 Å². The molecule has 0 saturated carbocycles. The number of para-hydroxylation sites is 2. The molecule has 1 aliphatic heterocycles. The summed E-state index contributed by atoms with van der Waals surface area (Å²) in [4.78, 5) is 4.72. The normalized spacial score (nSPS) is 18.0. The Hall–Kier alpha value is -2.16. The van der Waals surface area contributed by atoms with Crippen molar-refractivity contribution >= 4 is 17.1 Å². The molecule has 1 N–H and O–H groups in total. The lowest BCUT2D eigenvalue weighted by molar-refractivity contribution is 0.627. The summed E-state index contributed by atoms with van der Waals surface area (Å²) in [5.41, 5.74) is 3.95. The van der Waals surface area contributed by atoms with Gasteiger partial charge in [0.05, 0.1) is 17.1 Å². The molecule has 19 heavy (non-hydrogen) atoms. The Kier molecular flexibility index (Phi) is 3.03. The second-order valence-corrected chi connectivity index (χ2v) is 4.83. The van der Waals surface area contributed by atoms with Gasteiger partial charge in [-0.1, -0.05) is 24.3 Å². The second-order valence-electron chi connectivity index (χ2n) is 4.83. The lowest BCUT2D eigenvalue weighted by Crippen LogP contribution is -2.18. The van der Waals surface area contributed by atoms with E-state index in [9.17, 15) is 4.39 Å². The summed E-state index contributed by atoms with van der Waals surface area (Å²) in [6.07, 6.45) is 0.820. The Morgan fingerprint density at radius 2 is 1.84 bits per heavy atom.